The lowest BCUT2D eigenvalue weighted by molar-refractivity contribution is 0.357. The third kappa shape index (κ3) is 8.45. The van der Waals surface area contributed by atoms with Crippen molar-refractivity contribution < 1.29 is 10.2 Å². The van der Waals surface area contributed by atoms with Gasteiger partial charge in [0, 0.05) is 5.56 Å². The number of hydrogen-bond donors (Lipinski definition) is 2. The van der Waals surface area contributed by atoms with Crippen molar-refractivity contribution in [2.24, 2.45) is 10.8 Å². The fraction of sp³-hybridized carbons (Fsp3) is 0.769. The molecule has 0 atom stereocenters. The van der Waals surface area contributed by atoms with Crippen LogP contribution in [0.3, 0.4) is 0 Å². The molecule has 2 rings (SSSR count). The Labute approximate surface area is 173 Å². The normalized spacial score (nSPS) is 15.7. The minimum absolute atomic E-state index is 0.258. The van der Waals surface area contributed by atoms with Crippen molar-refractivity contribution in [1.29, 1.82) is 0 Å². The lowest BCUT2D eigenvalue weighted by Gasteiger charge is -2.17. The van der Waals surface area contributed by atoms with Crippen molar-refractivity contribution in [1.82, 2.24) is 0 Å². The standard InChI is InChI=1S/C26H44O2/c1-25(2,3)17-11-7-6-10-14-22-23(27)16-15-21(24(22)28)13-9-5-8-12-18-26(4)19-20-26/h15-16,27-28H,5-14,17-20H2,1-4H3. The molecule has 0 saturated heterocycles. The molecule has 2 nitrogen and oxygen atoms in total. The van der Waals surface area contributed by atoms with E-state index in [1.807, 2.05) is 6.07 Å². The third-order valence-corrected chi connectivity index (χ3v) is 6.53. The molecule has 0 bridgehead atoms. The topological polar surface area (TPSA) is 40.5 Å². The van der Waals surface area contributed by atoms with Crippen LogP contribution in [0.1, 0.15) is 116 Å². The van der Waals surface area contributed by atoms with Crippen molar-refractivity contribution in [3.8, 4) is 11.5 Å². The number of rotatable bonds is 13. The third-order valence-electron chi connectivity index (χ3n) is 6.53. The first kappa shape index (κ1) is 23.1. The van der Waals surface area contributed by atoms with Gasteiger partial charge in [-0.2, -0.15) is 0 Å². The molecule has 0 radical (unpaired) electrons. The maximum atomic E-state index is 10.6. The van der Waals surface area contributed by atoms with Gasteiger partial charge in [0.05, 0.1) is 0 Å². The summed E-state index contributed by atoms with van der Waals surface area (Å²) in [6.07, 6.45) is 16.9. The Kier molecular flexibility index (Phi) is 8.71. The average Bonchev–Trinajstić information content (AvgIpc) is 3.34. The Morgan fingerprint density at radius 3 is 2.07 bits per heavy atom. The molecule has 28 heavy (non-hydrogen) atoms. The van der Waals surface area contributed by atoms with E-state index in [1.165, 1.54) is 57.8 Å². The summed E-state index contributed by atoms with van der Waals surface area (Å²) in [4.78, 5) is 0. The number of aryl methyl sites for hydroxylation is 1. The molecule has 0 aliphatic heterocycles. The maximum absolute atomic E-state index is 10.6. The Bertz CT molecular complexity index is 593. The van der Waals surface area contributed by atoms with Gasteiger partial charge in [0.15, 0.2) is 0 Å². The highest BCUT2D eigenvalue weighted by Gasteiger charge is 2.35. The van der Waals surface area contributed by atoms with Gasteiger partial charge in [0.2, 0.25) is 0 Å². The molecule has 1 saturated carbocycles. The van der Waals surface area contributed by atoms with Crippen LogP contribution in [0.5, 0.6) is 11.5 Å². The molecule has 1 aliphatic carbocycles. The van der Waals surface area contributed by atoms with Gasteiger partial charge < -0.3 is 10.2 Å². The highest BCUT2D eigenvalue weighted by molar-refractivity contribution is 5.48. The summed E-state index contributed by atoms with van der Waals surface area (Å²) in [7, 11) is 0. The van der Waals surface area contributed by atoms with E-state index < -0.39 is 0 Å². The quantitative estimate of drug-likeness (QED) is 0.337. The number of unbranched alkanes of at least 4 members (excludes halogenated alkanes) is 6. The molecular weight excluding hydrogens is 344 g/mol. The molecule has 1 aliphatic rings. The smallest absolute Gasteiger partial charge is 0.125 e. The zero-order chi connectivity index (χ0) is 20.6. The van der Waals surface area contributed by atoms with E-state index in [9.17, 15) is 10.2 Å². The van der Waals surface area contributed by atoms with Gasteiger partial charge in [-0.25, -0.2) is 0 Å². The van der Waals surface area contributed by atoms with E-state index in [-0.39, 0.29) is 5.75 Å². The summed E-state index contributed by atoms with van der Waals surface area (Å²) in [6, 6.07) is 3.68. The number of hydrogen-bond acceptors (Lipinski definition) is 2. The van der Waals surface area contributed by atoms with E-state index in [0.717, 1.165) is 43.2 Å². The summed E-state index contributed by atoms with van der Waals surface area (Å²) < 4.78 is 0. The predicted octanol–water partition coefficient (Wildman–Crippen LogP) is 7.93. The Morgan fingerprint density at radius 2 is 1.43 bits per heavy atom. The van der Waals surface area contributed by atoms with Crippen molar-refractivity contribution in [3.05, 3.63) is 23.3 Å². The second-order valence-electron chi connectivity index (χ2n) is 10.8. The Morgan fingerprint density at radius 1 is 0.821 bits per heavy atom. The SMILES string of the molecule is CC(C)(C)CCCCCCc1c(O)ccc(CCCCCCC2(C)CC2)c1O. The van der Waals surface area contributed by atoms with E-state index >= 15 is 0 Å². The number of phenolic OH excluding ortho intramolecular Hbond substituents is 2. The number of aromatic hydroxyl groups is 2. The highest BCUT2D eigenvalue weighted by atomic mass is 16.3. The maximum Gasteiger partial charge on any atom is 0.125 e. The molecule has 160 valence electrons. The number of benzene rings is 1. The van der Waals surface area contributed by atoms with Crippen LogP contribution < -0.4 is 0 Å². The Balaban J connectivity index is 1.68. The largest absolute Gasteiger partial charge is 0.508 e. The lowest BCUT2D eigenvalue weighted by Crippen LogP contribution is -2.03. The minimum Gasteiger partial charge on any atom is -0.508 e. The first-order valence-electron chi connectivity index (χ1n) is 11.7. The minimum atomic E-state index is 0.258. The fourth-order valence-corrected chi connectivity index (χ4v) is 4.12. The first-order chi connectivity index (χ1) is 13.2. The Hall–Kier alpha value is -1.18. The molecule has 0 amide bonds. The lowest BCUT2D eigenvalue weighted by atomic mass is 9.89. The molecule has 0 spiro atoms. The van der Waals surface area contributed by atoms with Crippen LogP contribution in [0, 0.1) is 10.8 Å². The number of phenols is 2. The summed E-state index contributed by atoms with van der Waals surface area (Å²) >= 11 is 0. The van der Waals surface area contributed by atoms with Crippen LogP contribution in [0.15, 0.2) is 12.1 Å². The van der Waals surface area contributed by atoms with Crippen molar-refractivity contribution in [2.45, 2.75) is 118 Å². The zero-order valence-corrected chi connectivity index (χ0v) is 18.9. The molecule has 2 N–H and O–H groups in total. The van der Waals surface area contributed by atoms with Gasteiger partial charge in [-0.15, -0.1) is 0 Å². The fourth-order valence-electron chi connectivity index (χ4n) is 4.12. The molecule has 0 heterocycles. The van der Waals surface area contributed by atoms with Gasteiger partial charge in [-0.1, -0.05) is 72.3 Å². The molecular formula is C26H44O2. The van der Waals surface area contributed by atoms with Crippen molar-refractivity contribution in [2.75, 3.05) is 0 Å². The first-order valence-corrected chi connectivity index (χ1v) is 11.7. The summed E-state index contributed by atoms with van der Waals surface area (Å²) in [6.45, 7) is 9.29. The molecule has 1 aromatic carbocycles. The van der Waals surface area contributed by atoms with Crippen molar-refractivity contribution in [3.63, 3.8) is 0 Å². The van der Waals surface area contributed by atoms with E-state index in [4.69, 9.17) is 0 Å². The molecule has 0 unspecified atom stereocenters. The van der Waals surface area contributed by atoms with Crippen LogP contribution in [0.4, 0.5) is 0 Å². The molecule has 0 aromatic heterocycles. The summed E-state index contributed by atoms with van der Waals surface area (Å²) in [5, 5.41) is 20.8. The van der Waals surface area contributed by atoms with E-state index in [0.29, 0.717) is 16.6 Å². The monoisotopic (exact) mass is 388 g/mol. The van der Waals surface area contributed by atoms with Gasteiger partial charge in [0.1, 0.15) is 11.5 Å². The second kappa shape index (κ2) is 10.6. The van der Waals surface area contributed by atoms with E-state index in [1.54, 1.807) is 6.07 Å². The predicted molar refractivity (Wildman–Crippen MR) is 120 cm³/mol. The van der Waals surface area contributed by atoms with Crippen molar-refractivity contribution >= 4 is 0 Å². The van der Waals surface area contributed by atoms with Crippen LogP contribution in [-0.4, -0.2) is 10.2 Å². The van der Waals surface area contributed by atoms with E-state index in [2.05, 4.69) is 27.7 Å². The summed E-state index contributed by atoms with van der Waals surface area (Å²) in [5.74, 6) is 0.605. The molecule has 1 aromatic rings. The van der Waals surface area contributed by atoms with Gasteiger partial charge >= 0.3 is 0 Å². The van der Waals surface area contributed by atoms with Gasteiger partial charge in [-0.3, -0.25) is 0 Å². The summed E-state index contributed by atoms with van der Waals surface area (Å²) in [5.41, 5.74) is 2.86. The highest BCUT2D eigenvalue weighted by Crippen LogP contribution is 2.49. The van der Waals surface area contributed by atoms with Crippen LogP contribution in [0.25, 0.3) is 0 Å². The second-order valence-corrected chi connectivity index (χ2v) is 10.8. The van der Waals surface area contributed by atoms with Gasteiger partial charge in [0.25, 0.3) is 0 Å². The van der Waals surface area contributed by atoms with Crippen LogP contribution in [0.2, 0.25) is 0 Å². The van der Waals surface area contributed by atoms with Crippen LogP contribution >= 0.6 is 0 Å². The average molecular weight is 389 g/mol. The zero-order valence-electron chi connectivity index (χ0n) is 18.9. The van der Waals surface area contributed by atoms with Gasteiger partial charge in [-0.05, 0) is 73.8 Å². The molecule has 2 heteroatoms. The molecule has 1 fully saturated rings. The van der Waals surface area contributed by atoms with Crippen LogP contribution in [-0.2, 0) is 12.8 Å².